The fourth-order valence-corrected chi connectivity index (χ4v) is 3.29. The van der Waals surface area contributed by atoms with Crippen molar-refractivity contribution in [3.05, 3.63) is 76.9 Å². The number of benzene rings is 2. The van der Waals surface area contributed by atoms with E-state index in [0.29, 0.717) is 16.1 Å². The largest absolute Gasteiger partial charge is 0.326 e. The number of carbonyl (C=O) groups excluding carboxylic acids is 3. The van der Waals surface area contributed by atoms with Crippen molar-refractivity contribution in [2.24, 2.45) is 0 Å². The summed E-state index contributed by atoms with van der Waals surface area (Å²) < 4.78 is 13.0. The first kappa shape index (κ1) is 19.2. The van der Waals surface area contributed by atoms with Crippen LogP contribution in [0.25, 0.3) is 10.4 Å². The van der Waals surface area contributed by atoms with Gasteiger partial charge in [0.05, 0.1) is 4.88 Å². The van der Waals surface area contributed by atoms with Gasteiger partial charge in [-0.1, -0.05) is 12.1 Å². The number of hydrazine groups is 1. The van der Waals surface area contributed by atoms with Gasteiger partial charge in [0.25, 0.3) is 11.8 Å². The lowest BCUT2D eigenvalue weighted by Crippen LogP contribution is -2.41. The molecule has 0 unspecified atom stereocenters. The third-order valence-corrected chi connectivity index (χ3v) is 4.85. The molecule has 0 saturated carbocycles. The molecule has 0 bridgehead atoms. The Kier molecular flexibility index (Phi) is 5.81. The van der Waals surface area contributed by atoms with Crippen LogP contribution in [0.3, 0.4) is 0 Å². The van der Waals surface area contributed by atoms with Gasteiger partial charge in [-0.3, -0.25) is 25.2 Å². The molecule has 1 heterocycles. The lowest BCUT2D eigenvalue weighted by molar-refractivity contribution is -0.114. The second-order valence-corrected chi connectivity index (χ2v) is 6.92. The van der Waals surface area contributed by atoms with E-state index in [0.717, 1.165) is 10.4 Å². The van der Waals surface area contributed by atoms with Crippen molar-refractivity contribution in [1.29, 1.82) is 0 Å². The van der Waals surface area contributed by atoms with Gasteiger partial charge in [-0.25, -0.2) is 4.39 Å². The van der Waals surface area contributed by atoms with Crippen LogP contribution in [0, 0.1) is 5.82 Å². The van der Waals surface area contributed by atoms with E-state index in [1.54, 1.807) is 36.4 Å². The predicted molar refractivity (Wildman–Crippen MR) is 105 cm³/mol. The highest BCUT2D eigenvalue weighted by Gasteiger charge is 2.12. The molecule has 1 aromatic heterocycles. The van der Waals surface area contributed by atoms with Crippen LogP contribution < -0.4 is 16.2 Å². The maximum Gasteiger partial charge on any atom is 0.279 e. The highest BCUT2D eigenvalue weighted by molar-refractivity contribution is 7.17. The molecule has 3 amide bonds. The van der Waals surface area contributed by atoms with Crippen LogP contribution in [-0.2, 0) is 4.79 Å². The molecule has 0 saturated heterocycles. The first-order chi connectivity index (χ1) is 13.4. The molecule has 142 valence electrons. The van der Waals surface area contributed by atoms with E-state index in [1.165, 1.54) is 42.5 Å². The third kappa shape index (κ3) is 4.80. The number of anilines is 1. The van der Waals surface area contributed by atoms with Crippen molar-refractivity contribution in [2.45, 2.75) is 6.92 Å². The van der Waals surface area contributed by atoms with Crippen LogP contribution in [0.15, 0.2) is 60.7 Å². The van der Waals surface area contributed by atoms with Crippen LogP contribution >= 0.6 is 11.3 Å². The van der Waals surface area contributed by atoms with Crippen LogP contribution in [0.4, 0.5) is 10.1 Å². The molecule has 0 atom stereocenters. The standard InChI is InChI=1S/C20H16FN3O3S/c1-12(25)22-16-8-4-14(5-9-16)19(26)23-24-20(27)18-11-10-17(28-18)13-2-6-15(21)7-3-13/h2-11H,1H3,(H,22,25)(H,23,26)(H,24,27). The fourth-order valence-electron chi connectivity index (χ4n) is 2.38. The van der Waals surface area contributed by atoms with Gasteiger partial charge in [-0.05, 0) is 54.1 Å². The quantitative estimate of drug-likeness (QED) is 0.588. The summed E-state index contributed by atoms with van der Waals surface area (Å²) in [5.41, 5.74) is 6.40. The van der Waals surface area contributed by atoms with Gasteiger partial charge in [-0.2, -0.15) is 0 Å². The van der Waals surface area contributed by atoms with E-state index >= 15 is 0 Å². The highest BCUT2D eigenvalue weighted by atomic mass is 32.1. The monoisotopic (exact) mass is 397 g/mol. The summed E-state index contributed by atoms with van der Waals surface area (Å²) in [7, 11) is 0. The maximum atomic E-state index is 13.0. The summed E-state index contributed by atoms with van der Waals surface area (Å²) in [4.78, 5) is 36.6. The molecule has 0 aliphatic heterocycles. The number of thiophene rings is 1. The number of halogens is 1. The van der Waals surface area contributed by atoms with Crippen molar-refractivity contribution in [2.75, 3.05) is 5.32 Å². The van der Waals surface area contributed by atoms with Crippen LogP contribution in [-0.4, -0.2) is 17.7 Å². The second kappa shape index (κ2) is 8.45. The van der Waals surface area contributed by atoms with E-state index in [9.17, 15) is 18.8 Å². The molecule has 0 aliphatic carbocycles. The molecular weight excluding hydrogens is 381 g/mol. The van der Waals surface area contributed by atoms with E-state index in [4.69, 9.17) is 0 Å². The molecule has 0 aliphatic rings. The number of carbonyl (C=O) groups is 3. The lowest BCUT2D eigenvalue weighted by Gasteiger charge is -2.07. The Morgan fingerprint density at radius 1 is 0.821 bits per heavy atom. The molecular formula is C20H16FN3O3S. The van der Waals surface area contributed by atoms with Gasteiger partial charge in [-0.15, -0.1) is 11.3 Å². The third-order valence-electron chi connectivity index (χ3n) is 3.72. The zero-order valence-corrected chi connectivity index (χ0v) is 15.6. The van der Waals surface area contributed by atoms with Crippen molar-refractivity contribution in [3.63, 3.8) is 0 Å². The lowest BCUT2D eigenvalue weighted by atomic mass is 10.2. The minimum absolute atomic E-state index is 0.208. The van der Waals surface area contributed by atoms with Crippen LogP contribution in [0.1, 0.15) is 27.0 Å². The smallest absolute Gasteiger partial charge is 0.279 e. The van der Waals surface area contributed by atoms with E-state index in [2.05, 4.69) is 16.2 Å². The number of nitrogens with one attached hydrogen (secondary N) is 3. The number of amides is 3. The molecule has 2 aromatic carbocycles. The predicted octanol–water partition coefficient (Wildman–Crippen LogP) is 3.59. The van der Waals surface area contributed by atoms with E-state index in [-0.39, 0.29) is 11.7 Å². The number of hydrogen-bond donors (Lipinski definition) is 3. The van der Waals surface area contributed by atoms with E-state index < -0.39 is 11.8 Å². The molecule has 0 fully saturated rings. The summed E-state index contributed by atoms with van der Waals surface area (Å²) in [6.45, 7) is 1.39. The molecule has 28 heavy (non-hydrogen) atoms. The maximum absolute atomic E-state index is 13.0. The zero-order chi connectivity index (χ0) is 20.1. The van der Waals surface area contributed by atoms with Gasteiger partial charge in [0.1, 0.15) is 5.82 Å². The van der Waals surface area contributed by atoms with Gasteiger partial charge in [0.2, 0.25) is 5.91 Å². The van der Waals surface area contributed by atoms with Gasteiger partial charge < -0.3 is 5.32 Å². The van der Waals surface area contributed by atoms with E-state index in [1.807, 2.05) is 0 Å². The fraction of sp³-hybridized carbons (Fsp3) is 0.0500. The second-order valence-electron chi connectivity index (χ2n) is 5.84. The Morgan fingerprint density at radius 2 is 1.46 bits per heavy atom. The number of hydrogen-bond acceptors (Lipinski definition) is 4. The Bertz CT molecular complexity index is 1010. The average Bonchev–Trinajstić information content (AvgIpc) is 3.17. The normalized spacial score (nSPS) is 10.2. The summed E-state index contributed by atoms with van der Waals surface area (Å²) in [5.74, 6) is -1.48. The molecule has 6 nitrogen and oxygen atoms in total. The summed E-state index contributed by atoms with van der Waals surface area (Å²) in [6, 6.07) is 15.6. The minimum atomic E-state index is -0.488. The Labute approximate surface area is 164 Å². The Hall–Kier alpha value is -3.52. The molecule has 3 rings (SSSR count). The zero-order valence-electron chi connectivity index (χ0n) is 14.8. The first-order valence-electron chi connectivity index (χ1n) is 8.26. The van der Waals surface area contributed by atoms with Crippen molar-refractivity contribution < 1.29 is 18.8 Å². The Balaban J connectivity index is 1.58. The van der Waals surface area contributed by atoms with Crippen molar-refractivity contribution in [1.82, 2.24) is 10.9 Å². The number of rotatable bonds is 4. The topological polar surface area (TPSA) is 87.3 Å². The molecule has 3 aromatic rings. The minimum Gasteiger partial charge on any atom is -0.326 e. The SMILES string of the molecule is CC(=O)Nc1ccc(C(=O)NNC(=O)c2ccc(-c3ccc(F)cc3)s2)cc1. The van der Waals surface area contributed by atoms with Gasteiger partial charge >= 0.3 is 0 Å². The van der Waals surface area contributed by atoms with Crippen LogP contribution in [0.2, 0.25) is 0 Å². The first-order valence-corrected chi connectivity index (χ1v) is 9.08. The average molecular weight is 397 g/mol. The molecule has 0 radical (unpaired) electrons. The summed E-state index contributed by atoms with van der Waals surface area (Å²) >= 11 is 1.23. The molecule has 0 spiro atoms. The van der Waals surface area contributed by atoms with Crippen LogP contribution in [0.5, 0.6) is 0 Å². The summed E-state index contributed by atoms with van der Waals surface area (Å²) in [5, 5.41) is 2.60. The van der Waals surface area contributed by atoms with Gasteiger partial charge in [0.15, 0.2) is 0 Å². The Morgan fingerprint density at radius 3 is 2.11 bits per heavy atom. The van der Waals surface area contributed by atoms with Crippen molar-refractivity contribution in [3.8, 4) is 10.4 Å². The van der Waals surface area contributed by atoms with Crippen molar-refractivity contribution >= 4 is 34.7 Å². The van der Waals surface area contributed by atoms with Gasteiger partial charge in [0, 0.05) is 23.1 Å². The highest BCUT2D eigenvalue weighted by Crippen LogP contribution is 2.28. The molecule has 8 heteroatoms. The molecule has 3 N–H and O–H groups in total. The summed E-state index contributed by atoms with van der Waals surface area (Å²) in [6.07, 6.45) is 0.